The van der Waals surface area contributed by atoms with Crippen molar-refractivity contribution in [2.45, 2.75) is 55.3 Å². The number of rotatable bonds is 21. The molecule has 0 aliphatic carbocycles. The number of hydrogen-bond acceptors (Lipinski definition) is 12. The third-order valence-electron chi connectivity index (χ3n) is 10.5. The second-order valence-electron chi connectivity index (χ2n) is 14.4. The van der Waals surface area contributed by atoms with Crippen LogP contribution in [0, 0.1) is 11.8 Å². The van der Waals surface area contributed by atoms with Gasteiger partial charge < -0.3 is 28.5 Å². The molecule has 0 saturated carbocycles. The molecule has 4 aromatic rings. The van der Waals surface area contributed by atoms with Crippen LogP contribution in [0.1, 0.15) is 53.2 Å². The van der Waals surface area contributed by atoms with Crippen molar-refractivity contribution in [3.63, 3.8) is 0 Å². The highest BCUT2D eigenvalue weighted by atomic mass is 35.5. The second-order valence-corrected chi connectivity index (χ2v) is 18.1. The van der Waals surface area contributed by atoms with E-state index in [0.717, 1.165) is 28.5 Å². The normalized spacial score (nSPS) is 19.7. The van der Waals surface area contributed by atoms with Crippen molar-refractivity contribution in [1.29, 1.82) is 0 Å². The van der Waals surface area contributed by atoms with Gasteiger partial charge in [-0.15, -0.1) is 11.8 Å². The van der Waals surface area contributed by atoms with Crippen molar-refractivity contribution in [1.82, 2.24) is 4.90 Å². The second kappa shape index (κ2) is 20.0. The van der Waals surface area contributed by atoms with Crippen LogP contribution in [-0.2, 0) is 54.3 Å². The van der Waals surface area contributed by atoms with Gasteiger partial charge >= 0.3 is 14.0 Å². The number of nitrogens with zero attached hydrogens (tertiary/aromatic N) is 1. The minimum Gasteiger partial charge on any atom is -0.542 e. The van der Waals surface area contributed by atoms with Crippen LogP contribution in [0.15, 0.2) is 91.0 Å². The van der Waals surface area contributed by atoms with Gasteiger partial charge in [-0.2, -0.15) is 0 Å². The fourth-order valence-corrected chi connectivity index (χ4v) is 11.3. The van der Waals surface area contributed by atoms with Gasteiger partial charge in [0.05, 0.1) is 42.5 Å². The van der Waals surface area contributed by atoms with Gasteiger partial charge in [-0.1, -0.05) is 79.5 Å². The lowest BCUT2D eigenvalue weighted by atomic mass is 9.90. The van der Waals surface area contributed by atoms with Gasteiger partial charge in [0.2, 0.25) is 21.6 Å². The van der Waals surface area contributed by atoms with Gasteiger partial charge in [-0.3, -0.25) is 28.2 Å². The molecule has 16 heteroatoms. The Bertz CT molecular complexity index is 2240. The zero-order valence-corrected chi connectivity index (χ0v) is 35.6. The predicted molar refractivity (Wildman–Crippen MR) is 228 cm³/mol. The highest BCUT2D eigenvalue weighted by Crippen LogP contribution is 2.49. The highest BCUT2D eigenvalue weighted by molar-refractivity contribution is 8.14. The van der Waals surface area contributed by atoms with E-state index in [4.69, 9.17) is 38.6 Å². The van der Waals surface area contributed by atoms with Crippen LogP contribution < -0.4 is 18.9 Å². The van der Waals surface area contributed by atoms with Crippen LogP contribution in [0.25, 0.3) is 0 Å². The van der Waals surface area contributed by atoms with Crippen LogP contribution >= 0.6 is 23.4 Å². The topological polar surface area (TPSA) is 152 Å². The molecule has 3 unspecified atom stereocenters. The molecule has 4 aromatic carbocycles. The van der Waals surface area contributed by atoms with E-state index in [-0.39, 0.29) is 78.5 Å². The Morgan fingerprint density at radius 2 is 1.50 bits per heavy atom. The van der Waals surface area contributed by atoms with Crippen molar-refractivity contribution in [3.05, 3.63) is 118 Å². The first kappa shape index (κ1) is 44.4. The van der Waals surface area contributed by atoms with Crippen LogP contribution in [0.5, 0.6) is 23.0 Å². The van der Waals surface area contributed by atoms with Gasteiger partial charge in [-0.05, 0) is 64.8 Å². The predicted octanol–water partition coefficient (Wildman–Crippen LogP) is 6.49. The number of hydrogen-bond donors (Lipinski definition) is 0. The molecule has 0 aromatic heterocycles. The maximum atomic E-state index is 14.1. The van der Waals surface area contributed by atoms with E-state index < -0.39 is 49.6 Å². The van der Waals surface area contributed by atoms with E-state index >= 15 is 0 Å². The van der Waals surface area contributed by atoms with E-state index in [0.29, 0.717) is 17.9 Å². The van der Waals surface area contributed by atoms with Crippen molar-refractivity contribution in [3.8, 4) is 23.0 Å². The molecule has 2 aliphatic rings. The number of thioether (sulfide) groups is 1. The zero-order valence-electron chi connectivity index (χ0n) is 33.3. The maximum Gasteiger partial charge on any atom is 0.378 e. The molecule has 0 bridgehead atoms. The number of Topliss-reactive ketones (excluding diaryl/α,β-unsaturated/α-hetero) is 3. The smallest absolute Gasteiger partial charge is 0.378 e. The molecule has 0 N–H and O–H groups in total. The Morgan fingerprint density at radius 3 is 2.08 bits per heavy atom. The maximum absolute atomic E-state index is 14.1. The monoisotopic (exact) mass is 871 g/mol. The molecular weight excluding hydrogens is 829 g/mol. The molecule has 2 saturated heterocycles. The Hall–Kier alpha value is -5.12. The van der Waals surface area contributed by atoms with Gasteiger partial charge in [0.25, 0.3) is 0 Å². The van der Waals surface area contributed by atoms with Crippen LogP contribution in [0.4, 0.5) is 0 Å². The van der Waals surface area contributed by atoms with E-state index in [2.05, 4.69) is 4.65 Å². The number of ether oxygens (including phenoxy) is 4. The number of amides is 1. The summed E-state index contributed by atoms with van der Waals surface area (Å²) >= 11 is 7.82. The summed E-state index contributed by atoms with van der Waals surface area (Å²) in [6.45, 7) is 1.79. The van der Waals surface area contributed by atoms with Gasteiger partial charge in [0, 0.05) is 24.8 Å². The number of benzene rings is 4. The van der Waals surface area contributed by atoms with E-state index in [1.54, 1.807) is 38.5 Å². The summed E-state index contributed by atoms with van der Waals surface area (Å²) in [5.74, 6) is -2.68. The zero-order chi connectivity index (χ0) is 43.0. The van der Waals surface area contributed by atoms with Crippen molar-refractivity contribution in [2.24, 2.45) is 11.8 Å². The Labute approximate surface area is 361 Å². The highest BCUT2D eigenvalue weighted by Gasteiger charge is 2.67. The lowest BCUT2D eigenvalue weighted by molar-refractivity contribution is -0.152. The first-order valence-electron chi connectivity index (χ1n) is 19.2. The summed E-state index contributed by atoms with van der Waals surface area (Å²) in [5, 5.41) is -0.980. The molecule has 6 rings (SSSR count). The third kappa shape index (κ3) is 9.74. The van der Waals surface area contributed by atoms with Gasteiger partial charge in [0.15, 0.2) is 11.5 Å². The average Bonchev–Trinajstić information content (AvgIpc) is 3.54. The van der Waals surface area contributed by atoms with Crippen LogP contribution in [-0.4, -0.2) is 82.4 Å². The molecule has 312 valence electrons. The molecule has 2 radical (unpaired) electrons. The Balaban J connectivity index is 1.14. The first-order chi connectivity index (χ1) is 28.9. The summed E-state index contributed by atoms with van der Waals surface area (Å²) in [5.41, 5.74) is 2.33. The molecule has 0 spiro atoms. The number of ketones is 3. The summed E-state index contributed by atoms with van der Waals surface area (Å²) in [6, 6.07) is 26.5. The number of halogens is 1. The number of carbonyl (C=O) groups excluding carboxylic acids is 5. The molecule has 2 fully saturated rings. The molecule has 2 heterocycles. The third-order valence-corrected chi connectivity index (χ3v) is 15.1. The fourth-order valence-electron chi connectivity index (χ4n) is 7.04. The Morgan fingerprint density at radius 1 is 0.883 bits per heavy atom. The van der Waals surface area contributed by atoms with Crippen LogP contribution in [0.2, 0.25) is 5.02 Å². The standard InChI is InChI=1S/C44H43BClNO11S2/c1-4-27(25-59-44(43(52)58-45)26-47-41(51)35(42(47)60(44)53)22-31(48)20-28-8-6-5-7-9-28)21-36(49)39(50)34-18-19-37(56-23-29-10-14-32(54-2)15-11-29)40(38(34)46)57-24-30-12-16-33(55-3)17-13-30/h5-19,27,35,42H,4,20-26H2,1-3H3/t27-,35?,42+,44?,60?/m0/s1. The van der Waals surface area contributed by atoms with E-state index in [1.165, 1.54) is 17.0 Å². The quantitative estimate of drug-likeness (QED) is 0.0390. The van der Waals surface area contributed by atoms with E-state index in [9.17, 15) is 28.2 Å². The summed E-state index contributed by atoms with van der Waals surface area (Å²) in [4.78, 5) is 68.1. The number of β-lactam (4-membered cyclic amide) rings is 1. The largest absolute Gasteiger partial charge is 0.542 e. The SMILES string of the molecule is [B]OC(=O)C1(SC[C@@H](CC)CC(=O)C(=O)c2ccc(OCc3ccc(OC)cc3)c(OCc3ccc(OC)cc3)c2Cl)CN2C(=O)C(CC(=O)Cc3ccccc3)[C@H]2S1=O. The fraction of sp³-hybridized carbons (Fsp3) is 0.341. The molecule has 60 heavy (non-hydrogen) atoms. The summed E-state index contributed by atoms with van der Waals surface area (Å²) < 4.78 is 39.7. The van der Waals surface area contributed by atoms with Crippen LogP contribution in [0.3, 0.4) is 0 Å². The molecule has 12 nitrogen and oxygen atoms in total. The lowest BCUT2D eigenvalue weighted by Gasteiger charge is -2.40. The lowest BCUT2D eigenvalue weighted by Crippen LogP contribution is -2.59. The molecule has 5 atom stereocenters. The average molecular weight is 872 g/mol. The summed E-state index contributed by atoms with van der Waals surface area (Å²) in [7, 11) is 6.47. The van der Waals surface area contributed by atoms with E-state index in [1.807, 2.05) is 61.5 Å². The number of methoxy groups -OCH3 is 2. The minimum absolute atomic E-state index is 0.0618. The number of fused-ring (bicyclic) bond motifs is 1. The number of carbonyl (C=O) groups is 5. The Kier molecular flexibility index (Phi) is 14.8. The van der Waals surface area contributed by atoms with Gasteiger partial charge in [0.1, 0.15) is 35.9 Å². The molecule has 1 amide bonds. The van der Waals surface area contributed by atoms with Crippen molar-refractivity contribution >= 4 is 71.4 Å². The van der Waals surface area contributed by atoms with Crippen molar-refractivity contribution < 1.29 is 51.8 Å². The summed E-state index contributed by atoms with van der Waals surface area (Å²) in [6.07, 6.45) is 0.182. The van der Waals surface area contributed by atoms with Crippen molar-refractivity contribution in [2.75, 3.05) is 26.5 Å². The molecule has 2 aliphatic heterocycles. The molecular formula is C44H43BClNO11S2. The first-order valence-corrected chi connectivity index (χ1v) is 21.7. The minimum atomic E-state index is -2.01. The van der Waals surface area contributed by atoms with Gasteiger partial charge in [-0.25, -0.2) is 0 Å².